The first kappa shape index (κ1) is 27.2. The van der Waals surface area contributed by atoms with Crippen molar-refractivity contribution >= 4 is 29.1 Å². The number of morpholine rings is 1. The summed E-state index contributed by atoms with van der Waals surface area (Å²) in [7, 11) is 0. The summed E-state index contributed by atoms with van der Waals surface area (Å²) in [5.74, 6) is -0.718. The second-order valence-corrected chi connectivity index (χ2v) is 9.97. The van der Waals surface area contributed by atoms with Crippen LogP contribution in [0.25, 0.3) is 5.76 Å². The number of aliphatic hydroxyl groups is 1. The molecule has 0 bridgehead atoms. The Hall–Kier alpha value is -2.87. The molecule has 2 fully saturated rings. The number of likely N-dealkylation sites (tertiary alicyclic amines) is 1. The quantitative estimate of drug-likeness (QED) is 0.204. The summed E-state index contributed by atoms with van der Waals surface area (Å²) in [6, 6.07) is 11.7. The zero-order valence-corrected chi connectivity index (χ0v) is 22.3. The van der Waals surface area contributed by atoms with Gasteiger partial charge in [-0.25, -0.2) is 0 Å². The van der Waals surface area contributed by atoms with Crippen LogP contribution >= 0.6 is 11.6 Å². The van der Waals surface area contributed by atoms with Gasteiger partial charge in [-0.05, 0) is 61.2 Å². The molecule has 1 N–H and O–H groups in total. The number of rotatable bonds is 10. The van der Waals surface area contributed by atoms with Crippen molar-refractivity contribution in [1.82, 2.24) is 9.80 Å². The first-order chi connectivity index (χ1) is 17.9. The average Bonchev–Trinajstić information content (AvgIpc) is 3.15. The van der Waals surface area contributed by atoms with Gasteiger partial charge in [-0.15, -0.1) is 0 Å². The number of aryl methyl sites for hydroxylation is 1. The Morgan fingerprint density at radius 2 is 1.81 bits per heavy atom. The van der Waals surface area contributed by atoms with Gasteiger partial charge in [0, 0.05) is 36.8 Å². The summed E-state index contributed by atoms with van der Waals surface area (Å²) in [4.78, 5) is 30.4. The number of Topliss-reactive ketones (excluding diaryl/α,β-unsaturated/α-hetero) is 1. The number of halogens is 1. The largest absolute Gasteiger partial charge is 0.507 e. The highest BCUT2D eigenvalue weighted by Crippen LogP contribution is 2.40. The van der Waals surface area contributed by atoms with E-state index < -0.39 is 17.7 Å². The minimum atomic E-state index is -0.692. The van der Waals surface area contributed by atoms with Crippen LogP contribution in [0.4, 0.5) is 0 Å². The standard InChI is InChI=1S/C29H35ClN2O5/c1-3-4-16-37-24-11-8-22(19-20(24)2)27(33)25-26(21-6-9-23(30)10-7-21)32(29(35)28(25)34)13-5-12-31-14-17-36-18-15-31/h6-11,19,26,33H,3-5,12-18H2,1-2H3/b27-25+/t26-/m1/s1. The summed E-state index contributed by atoms with van der Waals surface area (Å²) in [5.41, 5.74) is 2.15. The highest BCUT2D eigenvalue weighted by Gasteiger charge is 2.45. The molecule has 37 heavy (non-hydrogen) atoms. The molecule has 0 aromatic heterocycles. The number of aliphatic hydroxyl groups excluding tert-OH is 1. The maximum Gasteiger partial charge on any atom is 0.295 e. The topological polar surface area (TPSA) is 79.3 Å². The van der Waals surface area contributed by atoms with Crippen molar-refractivity contribution in [3.63, 3.8) is 0 Å². The summed E-state index contributed by atoms with van der Waals surface area (Å²) >= 11 is 6.12. The zero-order valence-electron chi connectivity index (χ0n) is 21.5. The highest BCUT2D eigenvalue weighted by atomic mass is 35.5. The smallest absolute Gasteiger partial charge is 0.295 e. The molecule has 2 aliphatic rings. The third kappa shape index (κ3) is 6.35. The van der Waals surface area contributed by atoms with Crippen LogP contribution in [-0.2, 0) is 14.3 Å². The number of carbonyl (C=O) groups is 2. The normalized spacial score (nSPS) is 20.0. The maximum absolute atomic E-state index is 13.3. The molecule has 0 radical (unpaired) electrons. The molecule has 2 aliphatic heterocycles. The van der Waals surface area contributed by atoms with Crippen LogP contribution in [0.1, 0.15) is 48.9 Å². The number of hydrogen-bond acceptors (Lipinski definition) is 6. The molecule has 1 atom stereocenters. The van der Waals surface area contributed by atoms with Gasteiger partial charge in [-0.2, -0.15) is 0 Å². The van der Waals surface area contributed by atoms with Crippen LogP contribution < -0.4 is 4.74 Å². The molecule has 8 heteroatoms. The van der Waals surface area contributed by atoms with Gasteiger partial charge in [-0.3, -0.25) is 14.5 Å². The van der Waals surface area contributed by atoms with Gasteiger partial charge in [0.1, 0.15) is 11.5 Å². The van der Waals surface area contributed by atoms with E-state index in [2.05, 4.69) is 11.8 Å². The molecule has 0 spiro atoms. The van der Waals surface area contributed by atoms with Gasteiger partial charge in [-0.1, -0.05) is 37.1 Å². The van der Waals surface area contributed by atoms with Crippen LogP contribution in [0, 0.1) is 6.92 Å². The molecule has 198 valence electrons. The monoisotopic (exact) mass is 526 g/mol. The summed E-state index contributed by atoms with van der Waals surface area (Å²) in [6.07, 6.45) is 2.70. The van der Waals surface area contributed by atoms with E-state index in [9.17, 15) is 14.7 Å². The molecule has 0 unspecified atom stereocenters. The van der Waals surface area contributed by atoms with Gasteiger partial charge in [0.15, 0.2) is 0 Å². The molecule has 1 amide bonds. The number of benzene rings is 2. The third-order valence-corrected chi connectivity index (χ3v) is 7.16. The van der Waals surface area contributed by atoms with Crippen LogP contribution in [0.3, 0.4) is 0 Å². The molecule has 2 heterocycles. The molecular formula is C29H35ClN2O5. The summed E-state index contributed by atoms with van der Waals surface area (Å²) < 4.78 is 11.3. The Labute approximate surface area is 223 Å². The molecule has 4 rings (SSSR count). The Morgan fingerprint density at radius 3 is 2.49 bits per heavy atom. The third-order valence-electron chi connectivity index (χ3n) is 6.91. The second kappa shape index (κ2) is 12.6. The van der Waals surface area contributed by atoms with Crippen LogP contribution in [0.15, 0.2) is 48.0 Å². The van der Waals surface area contributed by atoms with Crippen molar-refractivity contribution in [3.8, 4) is 5.75 Å². The summed E-state index contributed by atoms with van der Waals surface area (Å²) in [5, 5.41) is 11.9. The van der Waals surface area contributed by atoms with E-state index in [1.54, 1.807) is 47.4 Å². The van der Waals surface area contributed by atoms with E-state index in [0.29, 0.717) is 43.4 Å². The fraction of sp³-hybridized carbons (Fsp3) is 0.448. The van der Waals surface area contributed by atoms with E-state index in [1.165, 1.54) is 0 Å². The lowest BCUT2D eigenvalue weighted by Gasteiger charge is -2.29. The van der Waals surface area contributed by atoms with Crippen LogP contribution in [-0.4, -0.2) is 72.6 Å². The molecule has 0 saturated carbocycles. The Bertz CT molecular complexity index is 1140. The van der Waals surface area contributed by atoms with Crippen LogP contribution in [0.2, 0.25) is 5.02 Å². The fourth-order valence-corrected chi connectivity index (χ4v) is 4.96. The lowest BCUT2D eigenvalue weighted by atomic mass is 9.94. The number of hydrogen-bond donors (Lipinski definition) is 1. The predicted octanol–water partition coefficient (Wildman–Crippen LogP) is 4.97. The SMILES string of the molecule is CCCCOc1ccc(/C(O)=C2\C(=O)C(=O)N(CCCN3CCOCC3)[C@@H]2c2ccc(Cl)cc2)cc1C. The van der Waals surface area contributed by atoms with Crippen molar-refractivity contribution in [3.05, 3.63) is 69.8 Å². The van der Waals surface area contributed by atoms with Gasteiger partial charge < -0.3 is 19.5 Å². The number of ether oxygens (including phenoxy) is 2. The first-order valence-electron chi connectivity index (χ1n) is 13.0. The van der Waals surface area contributed by atoms with E-state index >= 15 is 0 Å². The Balaban J connectivity index is 1.64. The van der Waals surface area contributed by atoms with Crippen LogP contribution in [0.5, 0.6) is 5.75 Å². The fourth-order valence-electron chi connectivity index (χ4n) is 4.83. The molecule has 2 saturated heterocycles. The van der Waals surface area contributed by atoms with Gasteiger partial charge >= 0.3 is 0 Å². The number of ketones is 1. The van der Waals surface area contributed by atoms with E-state index in [4.69, 9.17) is 21.1 Å². The van der Waals surface area contributed by atoms with E-state index in [0.717, 1.165) is 49.4 Å². The minimum absolute atomic E-state index is 0.0951. The van der Waals surface area contributed by atoms with Crippen molar-refractivity contribution < 1.29 is 24.2 Å². The Morgan fingerprint density at radius 1 is 1.08 bits per heavy atom. The zero-order chi connectivity index (χ0) is 26.4. The summed E-state index contributed by atoms with van der Waals surface area (Å²) in [6.45, 7) is 8.95. The number of unbranched alkanes of at least 4 members (excludes halogenated alkanes) is 1. The molecule has 2 aromatic carbocycles. The Kier molecular flexibility index (Phi) is 9.24. The van der Waals surface area contributed by atoms with Crippen molar-refractivity contribution in [2.24, 2.45) is 0 Å². The number of nitrogens with zero attached hydrogens (tertiary/aromatic N) is 2. The van der Waals surface area contributed by atoms with Crippen molar-refractivity contribution in [1.29, 1.82) is 0 Å². The molecule has 2 aromatic rings. The number of carbonyl (C=O) groups excluding carboxylic acids is 2. The van der Waals surface area contributed by atoms with Gasteiger partial charge in [0.25, 0.3) is 11.7 Å². The minimum Gasteiger partial charge on any atom is -0.507 e. The highest BCUT2D eigenvalue weighted by molar-refractivity contribution is 6.46. The number of amides is 1. The average molecular weight is 527 g/mol. The van der Waals surface area contributed by atoms with Gasteiger partial charge in [0.05, 0.1) is 31.4 Å². The molecule has 0 aliphatic carbocycles. The molecular weight excluding hydrogens is 492 g/mol. The van der Waals surface area contributed by atoms with E-state index in [1.807, 2.05) is 6.92 Å². The predicted molar refractivity (Wildman–Crippen MR) is 144 cm³/mol. The lowest BCUT2D eigenvalue weighted by Crippen LogP contribution is -2.38. The maximum atomic E-state index is 13.3. The van der Waals surface area contributed by atoms with E-state index in [-0.39, 0.29) is 11.3 Å². The van der Waals surface area contributed by atoms with Crippen molar-refractivity contribution in [2.75, 3.05) is 46.0 Å². The van der Waals surface area contributed by atoms with Gasteiger partial charge in [0.2, 0.25) is 0 Å². The lowest BCUT2D eigenvalue weighted by molar-refractivity contribution is -0.140. The van der Waals surface area contributed by atoms with Crippen molar-refractivity contribution in [2.45, 2.75) is 39.2 Å². The second-order valence-electron chi connectivity index (χ2n) is 9.53. The molecule has 7 nitrogen and oxygen atoms in total. The first-order valence-corrected chi connectivity index (χ1v) is 13.4.